The molecule has 1 aromatic carbocycles. The van der Waals surface area contributed by atoms with E-state index in [1.165, 1.54) is 64.2 Å². The second kappa shape index (κ2) is 10.7. The van der Waals surface area contributed by atoms with Crippen molar-refractivity contribution >= 4 is 15.9 Å². The number of nitrogens with one attached hydrogen (secondary N) is 1. The maximum atomic E-state index is 12.1. The summed E-state index contributed by atoms with van der Waals surface area (Å²) in [7, 11) is -3.65. The molecule has 5 heteroatoms. The number of sulfonamides is 1. The summed E-state index contributed by atoms with van der Waals surface area (Å²) in [5, 5.41) is 0. The first-order chi connectivity index (χ1) is 12.6. The Hall–Kier alpha value is -1.36. The number of unbranched alkanes of at least 4 members (excludes halogenated alkanes) is 11. The van der Waals surface area contributed by atoms with Gasteiger partial charge in [0, 0.05) is 0 Å². The Morgan fingerprint density at radius 2 is 1.35 bits per heavy atom. The summed E-state index contributed by atoms with van der Waals surface area (Å²) in [5.74, 6) is -0.503. The van der Waals surface area contributed by atoms with Crippen LogP contribution in [0.3, 0.4) is 0 Å². The number of fused-ring (bicyclic) bond motifs is 1. The van der Waals surface area contributed by atoms with E-state index in [0.29, 0.717) is 5.56 Å². The standard InChI is InChI=1S/C21H33NO3S/c1-2-3-4-5-6-7-8-9-10-11-12-13-15-18-16-14-17-19-20(18)26(24,25)22-21(19)23/h14,16-17H,2-13,15H2,1H3,(H,22,23). The van der Waals surface area contributed by atoms with Crippen LogP contribution >= 0.6 is 0 Å². The van der Waals surface area contributed by atoms with Crippen LogP contribution in [0, 0.1) is 0 Å². The highest BCUT2D eigenvalue weighted by Crippen LogP contribution is 2.27. The lowest BCUT2D eigenvalue weighted by molar-refractivity contribution is 0.0985. The lowest BCUT2D eigenvalue weighted by Gasteiger charge is -2.06. The zero-order chi connectivity index (χ0) is 18.8. The van der Waals surface area contributed by atoms with E-state index in [1.54, 1.807) is 12.1 Å². The molecule has 1 aromatic rings. The maximum Gasteiger partial charge on any atom is 0.266 e. The first-order valence-corrected chi connectivity index (χ1v) is 11.7. The van der Waals surface area contributed by atoms with Gasteiger partial charge in [-0.1, -0.05) is 89.7 Å². The van der Waals surface area contributed by atoms with Gasteiger partial charge in [-0.25, -0.2) is 13.1 Å². The van der Waals surface area contributed by atoms with Crippen LogP contribution in [-0.4, -0.2) is 14.3 Å². The average Bonchev–Trinajstić information content (AvgIpc) is 2.85. The normalized spacial score (nSPS) is 15.0. The highest BCUT2D eigenvalue weighted by atomic mass is 32.2. The van der Waals surface area contributed by atoms with Gasteiger partial charge in [0.25, 0.3) is 15.9 Å². The van der Waals surface area contributed by atoms with Crippen molar-refractivity contribution in [3.63, 3.8) is 0 Å². The smallest absolute Gasteiger partial charge is 0.266 e. The molecule has 1 aliphatic rings. The number of hydrogen-bond donors (Lipinski definition) is 1. The Balaban J connectivity index is 1.60. The molecule has 0 aromatic heterocycles. The maximum absolute atomic E-state index is 12.1. The summed E-state index contributed by atoms with van der Waals surface area (Å²) in [6, 6.07) is 5.19. The second-order valence-electron chi connectivity index (χ2n) is 7.37. The minimum Gasteiger partial charge on any atom is -0.268 e. The van der Waals surface area contributed by atoms with Gasteiger partial charge in [0.15, 0.2) is 0 Å². The number of rotatable bonds is 13. The van der Waals surface area contributed by atoms with Crippen molar-refractivity contribution in [1.29, 1.82) is 0 Å². The second-order valence-corrected chi connectivity index (χ2v) is 8.99. The molecule has 2 rings (SSSR count). The number of carbonyl (C=O) groups excluding carboxylic acids is 1. The van der Waals surface area contributed by atoms with Crippen LogP contribution in [-0.2, 0) is 16.4 Å². The van der Waals surface area contributed by atoms with Crippen molar-refractivity contribution < 1.29 is 13.2 Å². The molecule has 0 saturated heterocycles. The van der Waals surface area contributed by atoms with Crippen LogP contribution in [0.4, 0.5) is 0 Å². The van der Waals surface area contributed by atoms with E-state index in [0.717, 1.165) is 24.8 Å². The minimum atomic E-state index is -3.65. The Morgan fingerprint density at radius 1 is 0.808 bits per heavy atom. The van der Waals surface area contributed by atoms with E-state index in [1.807, 2.05) is 6.07 Å². The SMILES string of the molecule is CCCCCCCCCCCCCCc1cccc2c1S(=O)(=O)NC2=O. The lowest BCUT2D eigenvalue weighted by atomic mass is 10.0. The van der Waals surface area contributed by atoms with Crippen LogP contribution in [0.5, 0.6) is 0 Å². The summed E-state index contributed by atoms with van der Waals surface area (Å²) in [6.07, 6.45) is 16.1. The number of amides is 1. The van der Waals surface area contributed by atoms with Gasteiger partial charge in [0.2, 0.25) is 0 Å². The molecular formula is C21H33NO3S. The van der Waals surface area contributed by atoms with E-state index >= 15 is 0 Å². The molecule has 0 atom stereocenters. The number of aryl methyl sites for hydroxylation is 1. The van der Waals surface area contributed by atoms with Crippen LogP contribution in [0.2, 0.25) is 0 Å². The molecule has 0 unspecified atom stereocenters. The molecule has 146 valence electrons. The summed E-state index contributed by atoms with van der Waals surface area (Å²) in [4.78, 5) is 11.9. The zero-order valence-electron chi connectivity index (χ0n) is 16.1. The van der Waals surface area contributed by atoms with Gasteiger partial charge in [-0.2, -0.15) is 0 Å². The highest BCUT2D eigenvalue weighted by molar-refractivity contribution is 7.90. The zero-order valence-corrected chi connectivity index (χ0v) is 16.9. The predicted octanol–water partition coefficient (Wildman–Crippen LogP) is 5.36. The molecule has 0 fully saturated rings. The summed E-state index contributed by atoms with van der Waals surface area (Å²) < 4.78 is 26.2. The highest BCUT2D eigenvalue weighted by Gasteiger charge is 2.34. The predicted molar refractivity (Wildman–Crippen MR) is 106 cm³/mol. The van der Waals surface area contributed by atoms with Gasteiger partial charge < -0.3 is 0 Å². The Bertz CT molecular complexity index is 682. The molecule has 0 bridgehead atoms. The molecule has 0 spiro atoms. The van der Waals surface area contributed by atoms with E-state index in [4.69, 9.17) is 0 Å². The minimum absolute atomic E-state index is 0.202. The van der Waals surface area contributed by atoms with Gasteiger partial charge in [-0.15, -0.1) is 0 Å². The van der Waals surface area contributed by atoms with Gasteiger partial charge in [0.05, 0.1) is 5.56 Å². The first kappa shape index (κ1) is 20.9. The van der Waals surface area contributed by atoms with E-state index in [-0.39, 0.29) is 4.90 Å². The number of benzene rings is 1. The Morgan fingerprint density at radius 3 is 1.92 bits per heavy atom. The monoisotopic (exact) mass is 379 g/mol. The molecule has 26 heavy (non-hydrogen) atoms. The van der Waals surface area contributed by atoms with Crippen molar-refractivity contribution in [2.24, 2.45) is 0 Å². The average molecular weight is 380 g/mol. The largest absolute Gasteiger partial charge is 0.268 e. The lowest BCUT2D eigenvalue weighted by Crippen LogP contribution is -2.21. The van der Waals surface area contributed by atoms with Crippen LogP contribution in [0.15, 0.2) is 23.1 Å². The molecule has 1 N–H and O–H groups in total. The van der Waals surface area contributed by atoms with Crippen molar-refractivity contribution in [2.75, 3.05) is 0 Å². The fourth-order valence-corrected chi connectivity index (χ4v) is 5.08. The van der Waals surface area contributed by atoms with Crippen molar-refractivity contribution in [2.45, 2.75) is 95.3 Å². The third kappa shape index (κ3) is 6.11. The first-order valence-electron chi connectivity index (χ1n) is 10.3. The number of hydrogen-bond acceptors (Lipinski definition) is 3. The van der Waals surface area contributed by atoms with E-state index in [9.17, 15) is 13.2 Å². The summed E-state index contributed by atoms with van der Waals surface area (Å²) in [6.45, 7) is 2.25. The third-order valence-electron chi connectivity index (χ3n) is 5.14. The third-order valence-corrected chi connectivity index (χ3v) is 6.61. The van der Waals surface area contributed by atoms with E-state index in [2.05, 4.69) is 11.6 Å². The summed E-state index contributed by atoms with van der Waals surface area (Å²) >= 11 is 0. The van der Waals surface area contributed by atoms with Crippen molar-refractivity contribution in [3.05, 3.63) is 29.3 Å². The molecule has 1 aliphatic heterocycles. The van der Waals surface area contributed by atoms with Crippen LogP contribution < -0.4 is 4.72 Å². The molecule has 1 heterocycles. The quantitative estimate of drug-likeness (QED) is 0.469. The van der Waals surface area contributed by atoms with Gasteiger partial charge >= 0.3 is 0 Å². The summed E-state index contributed by atoms with van der Waals surface area (Å²) in [5.41, 5.74) is 1.06. The fraction of sp³-hybridized carbons (Fsp3) is 0.667. The van der Waals surface area contributed by atoms with Gasteiger partial charge in [-0.3, -0.25) is 4.79 Å². The van der Waals surface area contributed by atoms with E-state index < -0.39 is 15.9 Å². The molecule has 0 radical (unpaired) electrons. The Labute approximate surface area is 158 Å². The van der Waals surface area contributed by atoms with Gasteiger partial charge in [0.1, 0.15) is 4.90 Å². The number of carbonyl (C=O) groups is 1. The molecule has 1 amide bonds. The molecular weight excluding hydrogens is 346 g/mol. The molecule has 4 nitrogen and oxygen atoms in total. The van der Waals surface area contributed by atoms with Gasteiger partial charge in [-0.05, 0) is 24.5 Å². The molecule has 0 saturated carbocycles. The fourth-order valence-electron chi connectivity index (χ4n) is 3.66. The van der Waals surface area contributed by atoms with Crippen LogP contribution in [0.25, 0.3) is 0 Å². The van der Waals surface area contributed by atoms with Crippen molar-refractivity contribution in [3.8, 4) is 0 Å². The van der Waals surface area contributed by atoms with Crippen LogP contribution in [0.1, 0.15) is 99.9 Å². The molecule has 0 aliphatic carbocycles. The van der Waals surface area contributed by atoms with Crippen molar-refractivity contribution in [1.82, 2.24) is 4.72 Å². The topological polar surface area (TPSA) is 63.2 Å². The Kier molecular flexibility index (Phi) is 8.63.